The number of carbonyl (C=O) groups is 1. The van der Waals surface area contributed by atoms with E-state index in [1.165, 1.54) is 11.8 Å². The Bertz CT molecular complexity index is 1060. The summed E-state index contributed by atoms with van der Waals surface area (Å²) in [6.07, 6.45) is 1.66. The molecule has 0 atom stereocenters. The first-order chi connectivity index (χ1) is 12.2. The zero-order chi connectivity index (χ0) is 17.2. The van der Waals surface area contributed by atoms with Crippen molar-refractivity contribution in [3.8, 4) is 0 Å². The predicted molar refractivity (Wildman–Crippen MR) is 102 cm³/mol. The summed E-state index contributed by atoms with van der Waals surface area (Å²) in [4.78, 5) is 16.8. The average Bonchev–Trinajstić information content (AvgIpc) is 3.12. The van der Waals surface area contributed by atoms with Crippen LogP contribution in [0.4, 0.5) is 5.69 Å². The van der Waals surface area contributed by atoms with Crippen LogP contribution in [0.15, 0.2) is 64.4 Å². The second kappa shape index (κ2) is 6.81. The van der Waals surface area contributed by atoms with Gasteiger partial charge in [0.2, 0.25) is 5.91 Å². The first-order valence-electron chi connectivity index (χ1n) is 7.47. The van der Waals surface area contributed by atoms with E-state index in [1.807, 2.05) is 52.9 Å². The highest BCUT2D eigenvalue weighted by molar-refractivity contribution is 9.10. The highest BCUT2D eigenvalue weighted by Crippen LogP contribution is 2.24. The van der Waals surface area contributed by atoms with Gasteiger partial charge in [-0.05, 0) is 36.4 Å². The van der Waals surface area contributed by atoms with Gasteiger partial charge < -0.3 is 5.32 Å². The van der Waals surface area contributed by atoms with Gasteiger partial charge in [-0.25, -0.2) is 4.98 Å². The number of hydrogen-bond donors (Lipinski definition) is 1. The van der Waals surface area contributed by atoms with Crippen molar-refractivity contribution in [2.24, 2.45) is 0 Å². The van der Waals surface area contributed by atoms with Gasteiger partial charge in [0.05, 0.1) is 16.8 Å². The van der Waals surface area contributed by atoms with Crippen LogP contribution < -0.4 is 5.32 Å². The third kappa shape index (κ3) is 3.35. The molecule has 2 heterocycles. The molecule has 0 bridgehead atoms. The highest BCUT2D eigenvalue weighted by atomic mass is 79.9. The monoisotopic (exact) mass is 413 g/mol. The maximum atomic E-state index is 12.2. The molecule has 4 rings (SSSR count). The second-order valence-corrected chi connectivity index (χ2v) is 7.15. The molecule has 0 aliphatic rings. The maximum absolute atomic E-state index is 12.2. The maximum Gasteiger partial charge on any atom is 0.234 e. The number of carbonyl (C=O) groups excluding carboxylic acids is 1. The molecule has 0 saturated heterocycles. The number of anilines is 1. The number of amides is 1. The fourth-order valence-electron chi connectivity index (χ4n) is 2.44. The van der Waals surface area contributed by atoms with E-state index in [0.717, 1.165) is 21.2 Å². The van der Waals surface area contributed by atoms with E-state index in [2.05, 4.69) is 36.4 Å². The lowest BCUT2D eigenvalue weighted by atomic mass is 10.3. The third-order valence-corrected chi connectivity index (χ3v) is 5.05. The fraction of sp³-hybridized carbons (Fsp3) is 0.0588. The van der Waals surface area contributed by atoms with Gasteiger partial charge in [-0.15, -0.1) is 10.2 Å². The Balaban J connectivity index is 1.54. The van der Waals surface area contributed by atoms with Crippen molar-refractivity contribution in [3.05, 3.63) is 59.3 Å². The molecule has 0 unspecified atom stereocenters. The molecule has 2 aromatic heterocycles. The van der Waals surface area contributed by atoms with Gasteiger partial charge in [0, 0.05) is 10.2 Å². The number of para-hydroxylation sites is 2. The summed E-state index contributed by atoms with van der Waals surface area (Å²) in [5.41, 5.74) is 3.19. The van der Waals surface area contributed by atoms with E-state index < -0.39 is 0 Å². The number of nitrogens with one attached hydrogen (secondary N) is 1. The smallest absolute Gasteiger partial charge is 0.234 e. The summed E-state index contributed by atoms with van der Waals surface area (Å²) in [7, 11) is 0. The van der Waals surface area contributed by atoms with E-state index in [4.69, 9.17) is 0 Å². The normalized spacial score (nSPS) is 11.1. The Morgan fingerprint density at radius 3 is 2.80 bits per heavy atom. The van der Waals surface area contributed by atoms with E-state index >= 15 is 0 Å². The molecule has 2 aromatic carbocycles. The Morgan fingerprint density at radius 2 is 1.96 bits per heavy atom. The largest absolute Gasteiger partial charge is 0.325 e. The van der Waals surface area contributed by atoms with Crippen LogP contribution in [0, 0.1) is 0 Å². The summed E-state index contributed by atoms with van der Waals surface area (Å²) in [5.74, 6) is 0.143. The Hall–Kier alpha value is -2.45. The number of thioether (sulfide) groups is 1. The minimum atomic E-state index is -0.0973. The molecule has 6 nitrogen and oxygen atoms in total. The second-order valence-electron chi connectivity index (χ2n) is 5.27. The molecule has 0 fully saturated rings. The Kier molecular flexibility index (Phi) is 4.37. The quantitative estimate of drug-likeness (QED) is 0.515. The molecular weight excluding hydrogens is 402 g/mol. The van der Waals surface area contributed by atoms with Crippen molar-refractivity contribution in [2.45, 2.75) is 5.03 Å². The van der Waals surface area contributed by atoms with Gasteiger partial charge in [0.1, 0.15) is 11.4 Å². The van der Waals surface area contributed by atoms with E-state index in [-0.39, 0.29) is 11.7 Å². The van der Waals surface area contributed by atoms with Crippen molar-refractivity contribution in [1.82, 2.24) is 19.6 Å². The predicted octanol–water partition coefficient (Wildman–Crippen LogP) is 3.77. The van der Waals surface area contributed by atoms with E-state index in [9.17, 15) is 4.79 Å². The lowest BCUT2D eigenvalue weighted by Gasteiger charge is -2.07. The zero-order valence-corrected chi connectivity index (χ0v) is 15.3. The lowest BCUT2D eigenvalue weighted by Crippen LogP contribution is -2.14. The topological polar surface area (TPSA) is 72.2 Å². The molecule has 0 spiro atoms. The molecule has 0 radical (unpaired) electrons. The van der Waals surface area contributed by atoms with Crippen LogP contribution in [0.5, 0.6) is 0 Å². The summed E-state index contributed by atoms with van der Waals surface area (Å²) in [6.45, 7) is 0. The number of halogens is 1. The number of rotatable bonds is 4. The molecule has 0 aliphatic heterocycles. The van der Waals surface area contributed by atoms with Crippen LogP contribution in [0.1, 0.15) is 0 Å². The van der Waals surface area contributed by atoms with Crippen LogP contribution in [0.2, 0.25) is 0 Å². The highest BCUT2D eigenvalue weighted by Gasteiger charge is 2.12. The van der Waals surface area contributed by atoms with Crippen molar-refractivity contribution in [2.75, 3.05) is 11.1 Å². The Labute approximate surface area is 155 Å². The number of benzene rings is 2. The number of aromatic nitrogens is 4. The summed E-state index contributed by atoms with van der Waals surface area (Å²) in [6, 6.07) is 15.2. The van der Waals surface area contributed by atoms with Crippen molar-refractivity contribution in [1.29, 1.82) is 0 Å². The van der Waals surface area contributed by atoms with Gasteiger partial charge >= 0.3 is 0 Å². The molecule has 25 heavy (non-hydrogen) atoms. The van der Waals surface area contributed by atoms with Gasteiger partial charge in [-0.1, -0.05) is 39.8 Å². The summed E-state index contributed by atoms with van der Waals surface area (Å²) in [5, 5.41) is 11.7. The summed E-state index contributed by atoms with van der Waals surface area (Å²) >= 11 is 4.72. The summed E-state index contributed by atoms with van der Waals surface area (Å²) < 4.78 is 2.85. The van der Waals surface area contributed by atoms with Gasteiger partial charge in [0.15, 0.2) is 5.65 Å². The van der Waals surface area contributed by atoms with E-state index in [1.54, 1.807) is 6.33 Å². The number of fused-ring (bicyclic) bond motifs is 3. The molecule has 4 aromatic rings. The molecule has 0 aliphatic carbocycles. The molecule has 124 valence electrons. The average molecular weight is 414 g/mol. The molecule has 1 N–H and O–H groups in total. The van der Waals surface area contributed by atoms with Crippen LogP contribution in [0.25, 0.3) is 16.7 Å². The molecule has 0 saturated carbocycles. The lowest BCUT2D eigenvalue weighted by molar-refractivity contribution is -0.113. The molecular formula is C17H12BrN5OS. The minimum absolute atomic E-state index is 0.0973. The van der Waals surface area contributed by atoms with Crippen LogP contribution in [-0.2, 0) is 4.79 Å². The molecule has 8 heteroatoms. The SMILES string of the molecule is O=C(CSc1nc2ccccc2n2cnnc12)Nc1ccc(Br)cc1. The fourth-order valence-corrected chi connectivity index (χ4v) is 3.48. The van der Waals surface area contributed by atoms with Crippen molar-refractivity contribution in [3.63, 3.8) is 0 Å². The van der Waals surface area contributed by atoms with Crippen molar-refractivity contribution < 1.29 is 4.79 Å². The first kappa shape index (κ1) is 16.0. The van der Waals surface area contributed by atoms with Gasteiger partial charge in [0.25, 0.3) is 0 Å². The third-order valence-electron chi connectivity index (χ3n) is 3.57. The standard InChI is InChI=1S/C17H12BrN5OS/c18-11-5-7-12(8-6-11)20-15(24)9-25-17-16-22-19-10-23(16)14-4-2-1-3-13(14)21-17/h1-8,10H,9H2,(H,20,24). The van der Waals surface area contributed by atoms with Crippen LogP contribution in [-0.4, -0.2) is 31.2 Å². The first-order valence-corrected chi connectivity index (χ1v) is 9.25. The number of hydrogen-bond acceptors (Lipinski definition) is 5. The molecule has 1 amide bonds. The zero-order valence-electron chi connectivity index (χ0n) is 12.9. The Morgan fingerprint density at radius 1 is 1.16 bits per heavy atom. The van der Waals surface area contributed by atoms with Gasteiger partial charge in [-0.3, -0.25) is 9.20 Å². The van der Waals surface area contributed by atoms with Crippen LogP contribution in [0.3, 0.4) is 0 Å². The van der Waals surface area contributed by atoms with Crippen molar-refractivity contribution >= 4 is 56.0 Å². The number of nitrogens with zero attached hydrogens (tertiary/aromatic N) is 4. The minimum Gasteiger partial charge on any atom is -0.325 e. The van der Waals surface area contributed by atoms with Gasteiger partial charge in [-0.2, -0.15) is 0 Å². The van der Waals surface area contributed by atoms with E-state index in [0.29, 0.717) is 10.7 Å². The van der Waals surface area contributed by atoms with Crippen LogP contribution >= 0.6 is 27.7 Å².